The van der Waals surface area contributed by atoms with Gasteiger partial charge in [-0.3, -0.25) is 0 Å². The summed E-state index contributed by atoms with van der Waals surface area (Å²) in [7, 11) is 0. The normalized spacial score (nSPS) is 48.6. The molecular weight excluding hydrogens is 174 g/mol. The topological polar surface area (TPSA) is 35.2 Å². The second kappa shape index (κ2) is 3.82. The van der Waals surface area contributed by atoms with Crippen molar-refractivity contribution in [3.63, 3.8) is 0 Å². The quantitative estimate of drug-likeness (QED) is 0.700. The summed E-state index contributed by atoms with van der Waals surface area (Å²) in [6, 6.07) is 0. The molecule has 0 radical (unpaired) electrons. The summed E-state index contributed by atoms with van der Waals surface area (Å²) in [4.78, 5) is 0. The molecule has 82 valence electrons. The highest BCUT2D eigenvalue weighted by Gasteiger charge is 2.46. The van der Waals surface area contributed by atoms with Crippen molar-refractivity contribution in [1.82, 2.24) is 0 Å². The van der Waals surface area contributed by atoms with Crippen molar-refractivity contribution in [2.24, 2.45) is 17.6 Å². The van der Waals surface area contributed by atoms with Gasteiger partial charge >= 0.3 is 0 Å². The van der Waals surface area contributed by atoms with E-state index in [2.05, 4.69) is 13.8 Å². The molecule has 2 heteroatoms. The molecule has 1 saturated heterocycles. The highest BCUT2D eigenvalue weighted by atomic mass is 16.5. The minimum Gasteiger partial charge on any atom is -0.370 e. The molecule has 14 heavy (non-hydrogen) atoms. The lowest BCUT2D eigenvalue weighted by Crippen LogP contribution is -2.42. The Morgan fingerprint density at radius 2 is 2.07 bits per heavy atom. The molecule has 1 spiro atoms. The Labute approximate surface area is 87.2 Å². The van der Waals surface area contributed by atoms with Crippen LogP contribution in [0.15, 0.2) is 0 Å². The number of nitrogens with two attached hydrogens (primary N) is 1. The van der Waals surface area contributed by atoms with E-state index in [0.717, 1.165) is 11.8 Å². The molecule has 2 N–H and O–H groups in total. The van der Waals surface area contributed by atoms with Gasteiger partial charge in [-0.05, 0) is 37.5 Å². The molecule has 0 aromatic rings. The molecule has 0 aromatic heterocycles. The number of hydrogen-bond donors (Lipinski definition) is 1. The first-order valence-corrected chi connectivity index (χ1v) is 6.04. The Morgan fingerprint density at radius 1 is 1.29 bits per heavy atom. The van der Waals surface area contributed by atoms with Gasteiger partial charge in [0.1, 0.15) is 0 Å². The molecule has 1 aliphatic carbocycles. The van der Waals surface area contributed by atoms with Gasteiger partial charge in [0.2, 0.25) is 0 Å². The molecule has 2 aliphatic rings. The van der Waals surface area contributed by atoms with Gasteiger partial charge in [0, 0.05) is 6.54 Å². The van der Waals surface area contributed by atoms with Crippen LogP contribution in [0.1, 0.15) is 46.0 Å². The molecule has 0 amide bonds. The molecule has 1 saturated carbocycles. The van der Waals surface area contributed by atoms with E-state index in [1.54, 1.807) is 0 Å². The number of rotatable bonds is 1. The molecule has 2 nitrogen and oxygen atoms in total. The first-order valence-electron chi connectivity index (χ1n) is 6.04. The van der Waals surface area contributed by atoms with E-state index in [-0.39, 0.29) is 5.60 Å². The molecule has 4 atom stereocenters. The Bertz CT molecular complexity index is 206. The fraction of sp³-hybridized carbons (Fsp3) is 1.00. The highest BCUT2D eigenvalue weighted by Crippen LogP contribution is 2.47. The molecule has 2 fully saturated rings. The van der Waals surface area contributed by atoms with Crippen molar-refractivity contribution in [2.75, 3.05) is 6.54 Å². The third-order valence-corrected chi connectivity index (χ3v) is 4.24. The van der Waals surface area contributed by atoms with Gasteiger partial charge in [-0.1, -0.05) is 20.3 Å². The summed E-state index contributed by atoms with van der Waals surface area (Å²) in [5.74, 6) is 1.57. The predicted octanol–water partition coefficient (Wildman–Crippen LogP) is 2.32. The summed E-state index contributed by atoms with van der Waals surface area (Å²) in [6.07, 6.45) is 6.71. The monoisotopic (exact) mass is 197 g/mol. The molecule has 0 unspecified atom stereocenters. The van der Waals surface area contributed by atoms with Crippen LogP contribution in [-0.2, 0) is 4.74 Å². The summed E-state index contributed by atoms with van der Waals surface area (Å²) >= 11 is 0. The van der Waals surface area contributed by atoms with Crippen LogP contribution in [0.25, 0.3) is 0 Å². The smallest absolute Gasteiger partial charge is 0.0715 e. The largest absolute Gasteiger partial charge is 0.370 e. The third kappa shape index (κ3) is 1.70. The van der Waals surface area contributed by atoms with Gasteiger partial charge in [-0.15, -0.1) is 0 Å². The van der Waals surface area contributed by atoms with Crippen LogP contribution in [0, 0.1) is 11.8 Å². The Hall–Kier alpha value is -0.0800. The molecular formula is C12H23NO. The van der Waals surface area contributed by atoms with Gasteiger partial charge in [0.15, 0.2) is 0 Å². The Balaban J connectivity index is 2.06. The maximum Gasteiger partial charge on any atom is 0.0715 e. The Kier molecular flexibility index (Phi) is 2.85. The van der Waals surface area contributed by atoms with E-state index in [1.807, 2.05) is 0 Å². The molecule has 1 aliphatic heterocycles. The lowest BCUT2D eigenvalue weighted by molar-refractivity contribution is -0.103. The van der Waals surface area contributed by atoms with Gasteiger partial charge < -0.3 is 10.5 Å². The second-order valence-electron chi connectivity index (χ2n) is 5.37. The van der Waals surface area contributed by atoms with Crippen LogP contribution in [0.5, 0.6) is 0 Å². The van der Waals surface area contributed by atoms with Crippen LogP contribution in [0.2, 0.25) is 0 Å². The van der Waals surface area contributed by atoms with Crippen molar-refractivity contribution < 1.29 is 4.74 Å². The summed E-state index contributed by atoms with van der Waals surface area (Å²) in [5, 5.41) is 0. The van der Waals surface area contributed by atoms with Gasteiger partial charge in [-0.2, -0.15) is 0 Å². The van der Waals surface area contributed by atoms with Crippen molar-refractivity contribution in [2.45, 2.75) is 57.7 Å². The summed E-state index contributed by atoms with van der Waals surface area (Å²) in [6.45, 7) is 5.40. The predicted molar refractivity (Wildman–Crippen MR) is 58.1 cm³/mol. The molecule has 0 bridgehead atoms. The highest BCUT2D eigenvalue weighted by molar-refractivity contribution is 4.97. The van der Waals surface area contributed by atoms with E-state index in [9.17, 15) is 0 Å². The lowest BCUT2D eigenvalue weighted by atomic mass is 9.71. The van der Waals surface area contributed by atoms with Gasteiger partial charge in [-0.25, -0.2) is 0 Å². The lowest BCUT2D eigenvalue weighted by Gasteiger charge is -2.42. The average molecular weight is 197 g/mol. The Morgan fingerprint density at radius 3 is 2.71 bits per heavy atom. The fourth-order valence-corrected chi connectivity index (χ4v) is 3.22. The minimum atomic E-state index is 0.196. The first-order chi connectivity index (χ1) is 6.66. The standard InChI is InChI=1S/C12H23NO/c1-9-3-4-10(2)12(7-9)6-5-11(8-13)14-12/h9-11H,3-8,13H2,1-2H3/t9-,10+,11-,12-/m1/s1. The van der Waals surface area contributed by atoms with E-state index >= 15 is 0 Å². The van der Waals surface area contributed by atoms with Crippen molar-refractivity contribution in [3.05, 3.63) is 0 Å². The zero-order valence-corrected chi connectivity index (χ0v) is 9.46. The van der Waals surface area contributed by atoms with Crippen LogP contribution in [0.3, 0.4) is 0 Å². The second-order valence-corrected chi connectivity index (χ2v) is 5.37. The van der Waals surface area contributed by atoms with Crippen molar-refractivity contribution in [3.8, 4) is 0 Å². The maximum absolute atomic E-state index is 6.20. The maximum atomic E-state index is 6.20. The zero-order valence-electron chi connectivity index (χ0n) is 9.46. The molecule has 1 heterocycles. The van der Waals surface area contributed by atoms with Crippen LogP contribution >= 0.6 is 0 Å². The first kappa shape index (κ1) is 10.4. The SMILES string of the molecule is C[C@@H]1CC[C@H](C)[C@@]2(CC[C@H](CN)O2)C1. The number of ether oxygens (including phenoxy) is 1. The summed E-state index contributed by atoms with van der Waals surface area (Å²) in [5.41, 5.74) is 5.88. The van der Waals surface area contributed by atoms with E-state index in [1.165, 1.54) is 32.1 Å². The summed E-state index contributed by atoms with van der Waals surface area (Å²) < 4.78 is 6.20. The van der Waals surface area contributed by atoms with Crippen LogP contribution in [0.4, 0.5) is 0 Å². The van der Waals surface area contributed by atoms with E-state index in [4.69, 9.17) is 10.5 Å². The van der Waals surface area contributed by atoms with Crippen molar-refractivity contribution >= 4 is 0 Å². The van der Waals surface area contributed by atoms with Crippen LogP contribution in [-0.4, -0.2) is 18.2 Å². The third-order valence-electron chi connectivity index (χ3n) is 4.24. The van der Waals surface area contributed by atoms with Crippen LogP contribution < -0.4 is 5.73 Å². The average Bonchev–Trinajstić information content (AvgIpc) is 2.57. The zero-order chi connectivity index (χ0) is 10.2. The minimum absolute atomic E-state index is 0.196. The van der Waals surface area contributed by atoms with E-state index < -0.39 is 0 Å². The van der Waals surface area contributed by atoms with Gasteiger partial charge in [0.25, 0.3) is 0 Å². The number of hydrogen-bond acceptors (Lipinski definition) is 2. The van der Waals surface area contributed by atoms with Crippen molar-refractivity contribution in [1.29, 1.82) is 0 Å². The molecule has 0 aromatic carbocycles. The van der Waals surface area contributed by atoms with Gasteiger partial charge in [0.05, 0.1) is 11.7 Å². The fourth-order valence-electron chi connectivity index (χ4n) is 3.22. The molecule has 2 rings (SSSR count). The van der Waals surface area contributed by atoms with E-state index in [0.29, 0.717) is 12.6 Å².